The lowest BCUT2D eigenvalue weighted by molar-refractivity contribution is -0.143. The van der Waals surface area contributed by atoms with E-state index in [2.05, 4.69) is 6.08 Å². The Morgan fingerprint density at radius 1 is 1.47 bits per heavy atom. The number of esters is 1. The zero-order valence-electron chi connectivity index (χ0n) is 11.0. The summed E-state index contributed by atoms with van der Waals surface area (Å²) in [5, 5.41) is 9.18. The van der Waals surface area contributed by atoms with E-state index in [-0.39, 0.29) is 18.5 Å². The number of benzene rings is 1. The number of methoxy groups -OCH3 is 1. The Kier molecular flexibility index (Phi) is 4.53. The molecule has 0 aliphatic heterocycles. The fourth-order valence-corrected chi connectivity index (χ4v) is 2.22. The van der Waals surface area contributed by atoms with E-state index in [1.54, 1.807) is 0 Å². The average molecular weight is 258 g/mol. The Morgan fingerprint density at radius 3 is 3.05 bits per heavy atom. The normalized spacial score (nSPS) is 18.6. The minimum Gasteiger partial charge on any atom is -0.469 e. The van der Waals surface area contributed by atoms with Gasteiger partial charge in [0.2, 0.25) is 0 Å². The average Bonchev–Trinajstić information content (AvgIpc) is 2.72. The first-order valence-electron chi connectivity index (χ1n) is 6.41. The maximum absolute atomic E-state index is 11.7. The lowest BCUT2D eigenvalue weighted by Crippen LogP contribution is -2.13. The van der Waals surface area contributed by atoms with Gasteiger partial charge in [-0.25, -0.2) is 0 Å². The Bertz CT molecular complexity index is 514. The fourth-order valence-electron chi connectivity index (χ4n) is 2.22. The van der Waals surface area contributed by atoms with Crippen LogP contribution in [-0.4, -0.2) is 18.2 Å². The topological polar surface area (TPSA) is 46.5 Å². The molecule has 0 radical (unpaired) electrons. The highest BCUT2D eigenvalue weighted by Gasteiger charge is 2.18. The highest BCUT2D eigenvalue weighted by Crippen LogP contribution is 2.25. The van der Waals surface area contributed by atoms with Crippen LogP contribution in [-0.2, 0) is 16.1 Å². The standard InChI is InChI=1S/C16H18O3/c1-19-16(18)15-7-3-2-6-14(10-15)13-8-4-5-12(9-13)11-17/h2,4-6,8-10,15,17H,3,7,11H2,1H3. The number of carbonyl (C=O) groups is 1. The maximum Gasteiger partial charge on any atom is 0.312 e. The van der Waals surface area contributed by atoms with Crippen LogP contribution in [0.1, 0.15) is 24.0 Å². The van der Waals surface area contributed by atoms with E-state index in [1.165, 1.54) is 7.11 Å². The van der Waals surface area contributed by atoms with Crippen LogP contribution in [0, 0.1) is 5.92 Å². The predicted octanol–water partition coefficient (Wildman–Crippen LogP) is 2.70. The minimum atomic E-state index is -0.201. The molecule has 1 unspecified atom stereocenters. The van der Waals surface area contributed by atoms with Crippen molar-refractivity contribution in [2.75, 3.05) is 7.11 Å². The van der Waals surface area contributed by atoms with Crippen molar-refractivity contribution in [2.45, 2.75) is 19.4 Å². The first-order valence-corrected chi connectivity index (χ1v) is 6.41. The first kappa shape index (κ1) is 13.6. The molecule has 1 N–H and O–H groups in total. The Labute approximate surface area is 113 Å². The summed E-state index contributed by atoms with van der Waals surface area (Å²) in [6, 6.07) is 7.71. The molecule has 1 aliphatic carbocycles. The highest BCUT2D eigenvalue weighted by molar-refractivity contribution is 5.82. The third-order valence-corrected chi connectivity index (χ3v) is 3.27. The summed E-state index contributed by atoms with van der Waals surface area (Å²) in [6.07, 6.45) is 7.68. The number of carbonyl (C=O) groups excluding carboxylic acids is 1. The Hall–Kier alpha value is -1.87. The van der Waals surface area contributed by atoms with Gasteiger partial charge in [0.25, 0.3) is 0 Å². The van der Waals surface area contributed by atoms with Gasteiger partial charge in [-0.05, 0) is 35.6 Å². The van der Waals surface area contributed by atoms with Gasteiger partial charge in [-0.3, -0.25) is 4.79 Å². The minimum absolute atomic E-state index is 0.0191. The van der Waals surface area contributed by atoms with Gasteiger partial charge in [0.15, 0.2) is 0 Å². The van der Waals surface area contributed by atoms with Crippen molar-refractivity contribution in [3.05, 3.63) is 53.6 Å². The van der Waals surface area contributed by atoms with Crippen LogP contribution < -0.4 is 0 Å². The van der Waals surface area contributed by atoms with E-state index in [4.69, 9.17) is 4.74 Å². The van der Waals surface area contributed by atoms with Crippen LogP contribution in [0.3, 0.4) is 0 Å². The molecule has 3 heteroatoms. The third kappa shape index (κ3) is 3.32. The molecule has 0 bridgehead atoms. The molecule has 0 heterocycles. The monoisotopic (exact) mass is 258 g/mol. The van der Waals surface area contributed by atoms with E-state index in [0.29, 0.717) is 0 Å². The number of hydrogen-bond acceptors (Lipinski definition) is 3. The second-order valence-electron chi connectivity index (χ2n) is 4.59. The van der Waals surface area contributed by atoms with Crippen molar-refractivity contribution >= 4 is 11.5 Å². The number of allylic oxidation sites excluding steroid dienone is 3. The van der Waals surface area contributed by atoms with Crippen molar-refractivity contribution in [3.63, 3.8) is 0 Å². The highest BCUT2D eigenvalue weighted by atomic mass is 16.5. The summed E-state index contributed by atoms with van der Waals surface area (Å²) in [4.78, 5) is 11.7. The lowest BCUT2D eigenvalue weighted by Gasteiger charge is -2.10. The molecule has 1 atom stereocenters. The zero-order chi connectivity index (χ0) is 13.7. The van der Waals surface area contributed by atoms with Crippen LogP contribution in [0.15, 0.2) is 42.5 Å². The van der Waals surface area contributed by atoms with Crippen molar-refractivity contribution in [2.24, 2.45) is 5.92 Å². The van der Waals surface area contributed by atoms with Crippen LogP contribution in [0.2, 0.25) is 0 Å². The molecule has 2 rings (SSSR count). The second kappa shape index (κ2) is 6.34. The zero-order valence-corrected chi connectivity index (χ0v) is 11.0. The SMILES string of the molecule is COC(=O)C1C=C(c2cccc(CO)c2)C=CCC1. The van der Waals surface area contributed by atoms with Crippen molar-refractivity contribution in [3.8, 4) is 0 Å². The molecule has 1 aliphatic rings. The number of aliphatic hydroxyl groups excluding tert-OH is 1. The number of aliphatic hydroxyl groups is 1. The summed E-state index contributed by atoms with van der Waals surface area (Å²) in [6.45, 7) is 0.0191. The molecule has 0 amide bonds. The second-order valence-corrected chi connectivity index (χ2v) is 4.59. The smallest absolute Gasteiger partial charge is 0.312 e. The fraction of sp³-hybridized carbons (Fsp3) is 0.312. The maximum atomic E-state index is 11.7. The van der Waals surface area contributed by atoms with E-state index >= 15 is 0 Å². The molecule has 3 nitrogen and oxygen atoms in total. The first-order chi connectivity index (χ1) is 9.24. The van der Waals surface area contributed by atoms with E-state index in [9.17, 15) is 9.90 Å². The Morgan fingerprint density at radius 2 is 2.32 bits per heavy atom. The van der Waals surface area contributed by atoms with Crippen LogP contribution >= 0.6 is 0 Å². The van der Waals surface area contributed by atoms with Gasteiger partial charge in [0, 0.05) is 0 Å². The quantitative estimate of drug-likeness (QED) is 0.848. The number of hydrogen-bond donors (Lipinski definition) is 1. The molecule has 0 saturated heterocycles. The molecule has 0 saturated carbocycles. The van der Waals surface area contributed by atoms with E-state index in [0.717, 1.165) is 29.5 Å². The van der Waals surface area contributed by atoms with Crippen molar-refractivity contribution in [1.82, 2.24) is 0 Å². The summed E-state index contributed by atoms with van der Waals surface area (Å²) in [5.41, 5.74) is 2.88. The third-order valence-electron chi connectivity index (χ3n) is 3.27. The molecule has 1 aromatic rings. The summed E-state index contributed by atoms with van der Waals surface area (Å²) in [5.74, 6) is -0.396. The lowest BCUT2D eigenvalue weighted by atomic mass is 9.98. The molecule has 19 heavy (non-hydrogen) atoms. The molecule has 0 aromatic heterocycles. The molecular formula is C16H18O3. The van der Waals surface area contributed by atoms with E-state index < -0.39 is 0 Å². The Balaban J connectivity index is 2.33. The summed E-state index contributed by atoms with van der Waals surface area (Å²) in [7, 11) is 1.42. The molecule has 100 valence electrons. The van der Waals surface area contributed by atoms with E-state index in [1.807, 2.05) is 36.4 Å². The van der Waals surface area contributed by atoms with Gasteiger partial charge in [-0.15, -0.1) is 0 Å². The van der Waals surface area contributed by atoms with Gasteiger partial charge in [-0.2, -0.15) is 0 Å². The van der Waals surface area contributed by atoms with Gasteiger partial charge in [-0.1, -0.05) is 36.4 Å². The summed E-state index contributed by atoms with van der Waals surface area (Å²) >= 11 is 0. The largest absolute Gasteiger partial charge is 0.469 e. The predicted molar refractivity (Wildman–Crippen MR) is 74.2 cm³/mol. The van der Waals surface area contributed by atoms with Crippen LogP contribution in [0.4, 0.5) is 0 Å². The van der Waals surface area contributed by atoms with Gasteiger partial charge in [0.1, 0.15) is 0 Å². The van der Waals surface area contributed by atoms with Crippen LogP contribution in [0.25, 0.3) is 5.57 Å². The molecule has 0 spiro atoms. The van der Waals surface area contributed by atoms with Gasteiger partial charge < -0.3 is 9.84 Å². The summed E-state index contributed by atoms with van der Waals surface area (Å²) < 4.78 is 4.82. The van der Waals surface area contributed by atoms with Crippen molar-refractivity contribution in [1.29, 1.82) is 0 Å². The van der Waals surface area contributed by atoms with Gasteiger partial charge in [0.05, 0.1) is 19.6 Å². The number of rotatable bonds is 3. The molecule has 1 aromatic carbocycles. The van der Waals surface area contributed by atoms with Crippen LogP contribution in [0.5, 0.6) is 0 Å². The van der Waals surface area contributed by atoms with Gasteiger partial charge >= 0.3 is 5.97 Å². The van der Waals surface area contributed by atoms with Crippen molar-refractivity contribution < 1.29 is 14.6 Å². The molecular weight excluding hydrogens is 240 g/mol. The number of ether oxygens (including phenoxy) is 1. The molecule has 0 fully saturated rings.